The molecule has 0 bridgehead atoms. The Bertz CT molecular complexity index is 85.0. The maximum atomic E-state index is 7.19. The van der Waals surface area contributed by atoms with Crippen molar-refractivity contribution in [2.75, 3.05) is 13.6 Å². The fourth-order valence-corrected chi connectivity index (χ4v) is 1.14. The molecule has 1 heterocycles. The molecule has 1 saturated heterocycles. The van der Waals surface area contributed by atoms with Crippen LogP contribution in [0.3, 0.4) is 0 Å². The third-order valence-electron chi connectivity index (χ3n) is 1.92. The molecule has 1 unspecified atom stereocenters. The Balaban J connectivity index is 2.30. The van der Waals surface area contributed by atoms with Crippen LogP contribution in [0.15, 0.2) is 0 Å². The smallest absolute Gasteiger partial charge is 0.0246 e. The molecule has 0 aromatic heterocycles. The van der Waals surface area contributed by atoms with Gasteiger partial charge in [-0.15, -0.1) is 0 Å². The molecule has 1 atom stereocenters. The van der Waals surface area contributed by atoms with Gasteiger partial charge in [0.05, 0.1) is 0 Å². The van der Waals surface area contributed by atoms with Crippen LogP contribution in [-0.2, 0) is 0 Å². The molecule has 0 radical (unpaired) electrons. The predicted molar refractivity (Wildman–Crippen MR) is 35.9 cm³/mol. The van der Waals surface area contributed by atoms with Crippen molar-refractivity contribution in [1.29, 1.82) is 0 Å². The van der Waals surface area contributed by atoms with Crippen molar-refractivity contribution < 1.29 is 1.37 Å². The highest BCUT2D eigenvalue weighted by atomic mass is 15.1. The van der Waals surface area contributed by atoms with Crippen molar-refractivity contribution in [2.45, 2.75) is 32.2 Å². The highest BCUT2D eigenvalue weighted by Crippen LogP contribution is 2.13. The molecule has 1 aliphatic rings. The second-order valence-corrected chi connectivity index (χ2v) is 2.63. The Hall–Kier alpha value is -0.0400. The SMILES string of the molecule is [2H]CC1CCCCN1C. The summed E-state index contributed by atoms with van der Waals surface area (Å²) >= 11 is 0. The summed E-state index contributed by atoms with van der Waals surface area (Å²) in [5.41, 5.74) is 0. The van der Waals surface area contributed by atoms with Crippen LogP contribution in [0.25, 0.3) is 0 Å². The first-order chi connectivity index (χ1) is 4.34. The predicted octanol–water partition coefficient (Wildman–Crippen LogP) is 1.49. The lowest BCUT2D eigenvalue weighted by molar-refractivity contribution is 0.200. The summed E-state index contributed by atoms with van der Waals surface area (Å²) < 4.78 is 7.19. The number of piperidine rings is 1. The van der Waals surface area contributed by atoms with Crippen molar-refractivity contribution >= 4 is 0 Å². The van der Waals surface area contributed by atoms with E-state index in [1.165, 1.54) is 25.8 Å². The van der Waals surface area contributed by atoms with Gasteiger partial charge in [0.2, 0.25) is 0 Å². The molecule has 48 valence electrons. The van der Waals surface area contributed by atoms with Crippen molar-refractivity contribution in [3.63, 3.8) is 0 Å². The first kappa shape index (κ1) is 4.80. The summed E-state index contributed by atoms with van der Waals surface area (Å²) in [5.74, 6) is 0. The average molecular weight is 114 g/mol. The van der Waals surface area contributed by atoms with Gasteiger partial charge in [0.15, 0.2) is 0 Å². The van der Waals surface area contributed by atoms with Gasteiger partial charge in [-0.2, -0.15) is 0 Å². The third kappa shape index (κ3) is 1.22. The lowest BCUT2D eigenvalue weighted by Crippen LogP contribution is -2.33. The van der Waals surface area contributed by atoms with E-state index in [1.54, 1.807) is 0 Å². The molecular weight excluding hydrogens is 98.1 g/mol. The lowest BCUT2D eigenvalue weighted by atomic mass is 10.1. The van der Waals surface area contributed by atoms with E-state index in [4.69, 9.17) is 1.37 Å². The number of hydrogen-bond acceptors (Lipinski definition) is 1. The number of nitrogens with zero attached hydrogens (tertiary/aromatic N) is 1. The zero-order chi connectivity index (χ0) is 6.69. The van der Waals surface area contributed by atoms with Crippen LogP contribution in [0.4, 0.5) is 0 Å². The Labute approximate surface area is 53.1 Å². The lowest BCUT2D eigenvalue weighted by Gasteiger charge is -2.29. The molecule has 0 N–H and O–H groups in total. The first-order valence-corrected chi connectivity index (χ1v) is 3.34. The number of rotatable bonds is 0. The van der Waals surface area contributed by atoms with Gasteiger partial charge < -0.3 is 4.90 Å². The van der Waals surface area contributed by atoms with Crippen LogP contribution in [0.1, 0.15) is 27.5 Å². The first-order valence-electron chi connectivity index (χ1n) is 4.05. The Morgan fingerprint density at radius 2 is 2.50 bits per heavy atom. The third-order valence-corrected chi connectivity index (χ3v) is 1.92. The molecule has 1 fully saturated rings. The van der Waals surface area contributed by atoms with Gasteiger partial charge in [-0.05, 0) is 33.3 Å². The van der Waals surface area contributed by atoms with Gasteiger partial charge in [-0.3, -0.25) is 0 Å². The van der Waals surface area contributed by atoms with Crippen LogP contribution in [0.2, 0.25) is 0 Å². The summed E-state index contributed by atoms with van der Waals surface area (Å²) in [4.78, 5) is 2.30. The Morgan fingerprint density at radius 3 is 3.00 bits per heavy atom. The monoisotopic (exact) mass is 114 g/mol. The van der Waals surface area contributed by atoms with E-state index in [0.29, 0.717) is 12.9 Å². The fraction of sp³-hybridized carbons (Fsp3) is 1.00. The van der Waals surface area contributed by atoms with Crippen LogP contribution in [-0.4, -0.2) is 24.5 Å². The summed E-state index contributed by atoms with van der Waals surface area (Å²) in [6, 6.07) is 0.554. The van der Waals surface area contributed by atoms with Gasteiger partial charge in [-0.25, -0.2) is 0 Å². The number of hydrogen-bond donors (Lipinski definition) is 0. The molecule has 0 amide bonds. The van der Waals surface area contributed by atoms with Gasteiger partial charge >= 0.3 is 0 Å². The van der Waals surface area contributed by atoms with E-state index >= 15 is 0 Å². The molecule has 0 aliphatic carbocycles. The van der Waals surface area contributed by atoms with E-state index in [1.807, 2.05) is 0 Å². The molecule has 1 rings (SSSR count). The minimum absolute atomic E-state index is 0.554. The second-order valence-electron chi connectivity index (χ2n) is 2.63. The summed E-state index contributed by atoms with van der Waals surface area (Å²) in [7, 11) is 2.12. The highest BCUT2D eigenvalue weighted by molar-refractivity contribution is 4.68. The maximum absolute atomic E-state index is 7.19. The van der Waals surface area contributed by atoms with Crippen LogP contribution < -0.4 is 0 Å². The van der Waals surface area contributed by atoms with E-state index in [0.717, 1.165) is 0 Å². The van der Waals surface area contributed by atoms with Gasteiger partial charge in [0.1, 0.15) is 0 Å². The van der Waals surface area contributed by atoms with Crippen molar-refractivity contribution in [3.05, 3.63) is 0 Å². The molecule has 1 nitrogen and oxygen atoms in total. The molecule has 8 heavy (non-hydrogen) atoms. The summed E-state index contributed by atoms with van der Waals surface area (Å²) in [6.45, 7) is 1.78. The Kier molecular flexibility index (Phi) is 1.50. The maximum Gasteiger partial charge on any atom is 0.0246 e. The largest absolute Gasteiger partial charge is 0.304 e. The molecule has 1 aliphatic heterocycles. The number of likely N-dealkylation sites (tertiary alicyclic amines) is 1. The van der Waals surface area contributed by atoms with E-state index in [9.17, 15) is 0 Å². The zero-order valence-corrected chi connectivity index (χ0v) is 5.56. The fourth-order valence-electron chi connectivity index (χ4n) is 1.14. The van der Waals surface area contributed by atoms with Crippen molar-refractivity contribution in [3.8, 4) is 0 Å². The molecule has 1 heteroatoms. The van der Waals surface area contributed by atoms with E-state index in [2.05, 4.69) is 11.9 Å². The van der Waals surface area contributed by atoms with Gasteiger partial charge in [0, 0.05) is 7.41 Å². The van der Waals surface area contributed by atoms with Gasteiger partial charge in [-0.1, -0.05) is 6.42 Å². The minimum Gasteiger partial charge on any atom is -0.304 e. The molecule has 0 aromatic carbocycles. The van der Waals surface area contributed by atoms with Crippen LogP contribution in [0, 0.1) is 0 Å². The van der Waals surface area contributed by atoms with E-state index < -0.39 is 0 Å². The van der Waals surface area contributed by atoms with Crippen LogP contribution in [0.5, 0.6) is 0 Å². The summed E-state index contributed by atoms with van der Waals surface area (Å²) in [6.07, 6.45) is 3.89. The highest BCUT2D eigenvalue weighted by Gasteiger charge is 2.12. The standard InChI is InChI=1S/C7H15N/c1-7-5-3-4-6-8(7)2/h7H,3-6H2,1-2H3/i1D. The average Bonchev–Trinajstić information content (AvgIpc) is 1.89. The molecule has 0 saturated carbocycles. The normalized spacial score (nSPS) is 34.6. The Morgan fingerprint density at radius 1 is 1.62 bits per heavy atom. The van der Waals surface area contributed by atoms with Gasteiger partial charge in [0.25, 0.3) is 0 Å². The van der Waals surface area contributed by atoms with Crippen molar-refractivity contribution in [1.82, 2.24) is 4.90 Å². The van der Waals surface area contributed by atoms with E-state index in [-0.39, 0.29) is 0 Å². The molecule has 0 spiro atoms. The quantitative estimate of drug-likeness (QED) is 0.461. The summed E-state index contributed by atoms with van der Waals surface area (Å²) in [5, 5.41) is 0. The topological polar surface area (TPSA) is 3.24 Å². The minimum atomic E-state index is 0.554. The second kappa shape index (κ2) is 2.49. The molecule has 0 aromatic rings. The van der Waals surface area contributed by atoms with Crippen molar-refractivity contribution in [2.24, 2.45) is 0 Å². The zero-order valence-electron chi connectivity index (χ0n) is 6.56. The van der Waals surface area contributed by atoms with Crippen LogP contribution >= 0.6 is 0 Å². The molecular formula is C7H15N.